The number of pyridine rings is 1. The van der Waals surface area contributed by atoms with E-state index in [0.717, 1.165) is 6.20 Å². The Labute approximate surface area is 84.7 Å². The summed E-state index contributed by atoms with van der Waals surface area (Å²) in [7, 11) is 0. The zero-order valence-electron chi connectivity index (χ0n) is 7.66. The van der Waals surface area contributed by atoms with E-state index in [1.807, 2.05) is 0 Å². The predicted octanol–water partition coefficient (Wildman–Crippen LogP) is 1.18. The molecule has 6 nitrogen and oxygen atoms in total. The molecule has 0 amide bonds. The normalized spacial score (nSPS) is 23.5. The summed E-state index contributed by atoms with van der Waals surface area (Å²) in [5.74, 6) is -1.38. The zero-order chi connectivity index (χ0) is 11.0. The fourth-order valence-corrected chi connectivity index (χ4v) is 1.58. The first-order valence-electron chi connectivity index (χ1n) is 4.41. The summed E-state index contributed by atoms with van der Waals surface area (Å²) >= 11 is 0. The summed E-state index contributed by atoms with van der Waals surface area (Å²) in [5.41, 5.74) is 0.542. The van der Waals surface area contributed by atoms with Crippen LogP contribution < -0.4 is 0 Å². The van der Waals surface area contributed by atoms with Crippen molar-refractivity contribution in [3.8, 4) is 0 Å². The number of rotatable bonds is 3. The Balaban J connectivity index is 2.20. The van der Waals surface area contributed by atoms with E-state index in [1.54, 1.807) is 0 Å². The van der Waals surface area contributed by atoms with E-state index in [1.165, 1.54) is 12.3 Å². The van der Waals surface area contributed by atoms with Gasteiger partial charge in [0, 0.05) is 12.3 Å². The van der Waals surface area contributed by atoms with E-state index in [0.29, 0.717) is 12.0 Å². The number of nitro groups is 1. The molecule has 0 saturated heterocycles. The minimum atomic E-state index is -0.855. The van der Waals surface area contributed by atoms with Gasteiger partial charge >= 0.3 is 5.97 Å². The van der Waals surface area contributed by atoms with Crippen molar-refractivity contribution in [1.82, 2.24) is 4.98 Å². The van der Waals surface area contributed by atoms with Crippen LogP contribution in [0.5, 0.6) is 0 Å². The standard InChI is InChI=1S/C9H8N2O4/c12-9(13)8-2-7(8)5-1-6(11(14)15)4-10-3-5/h1,3-4,7-8H,2H2,(H,12,13)/t7-,8+/m1/s1. The molecule has 2 rings (SSSR count). The van der Waals surface area contributed by atoms with Crippen LogP contribution in [0.4, 0.5) is 5.69 Å². The fraction of sp³-hybridized carbons (Fsp3) is 0.333. The van der Waals surface area contributed by atoms with Crippen molar-refractivity contribution >= 4 is 11.7 Å². The van der Waals surface area contributed by atoms with Crippen LogP contribution in [-0.2, 0) is 4.79 Å². The van der Waals surface area contributed by atoms with E-state index >= 15 is 0 Å². The number of aliphatic carboxylic acids is 1. The van der Waals surface area contributed by atoms with Gasteiger partial charge in [0.1, 0.15) is 6.20 Å². The third-order valence-electron chi connectivity index (χ3n) is 2.49. The molecule has 1 saturated carbocycles. The predicted molar refractivity (Wildman–Crippen MR) is 49.4 cm³/mol. The summed E-state index contributed by atoms with van der Waals surface area (Å²) in [6.45, 7) is 0. The Morgan fingerprint density at radius 3 is 2.87 bits per heavy atom. The first-order valence-corrected chi connectivity index (χ1v) is 4.41. The Bertz CT molecular complexity index is 432. The van der Waals surface area contributed by atoms with Crippen LogP contribution in [0.15, 0.2) is 18.5 Å². The van der Waals surface area contributed by atoms with E-state index in [-0.39, 0.29) is 11.6 Å². The van der Waals surface area contributed by atoms with Crippen molar-refractivity contribution < 1.29 is 14.8 Å². The number of carboxylic acids is 1. The summed E-state index contributed by atoms with van der Waals surface area (Å²) < 4.78 is 0. The molecular weight excluding hydrogens is 200 g/mol. The van der Waals surface area contributed by atoms with E-state index in [2.05, 4.69) is 4.98 Å². The number of aromatic nitrogens is 1. The van der Waals surface area contributed by atoms with Crippen molar-refractivity contribution in [3.63, 3.8) is 0 Å². The monoisotopic (exact) mass is 208 g/mol. The first kappa shape index (κ1) is 9.57. The fourth-order valence-electron chi connectivity index (χ4n) is 1.58. The molecule has 0 aliphatic heterocycles. The molecule has 2 atom stereocenters. The molecule has 78 valence electrons. The summed E-state index contributed by atoms with van der Waals surface area (Å²) in [6, 6.07) is 1.39. The average molecular weight is 208 g/mol. The number of nitrogens with zero attached hydrogens (tertiary/aromatic N) is 2. The van der Waals surface area contributed by atoms with Crippen LogP contribution in [0.25, 0.3) is 0 Å². The Kier molecular flexibility index (Phi) is 2.11. The van der Waals surface area contributed by atoms with Gasteiger partial charge in [-0.15, -0.1) is 0 Å². The molecule has 1 aromatic rings. The molecule has 1 N–H and O–H groups in total. The Hall–Kier alpha value is -1.98. The van der Waals surface area contributed by atoms with Gasteiger partial charge in [-0.05, 0) is 17.9 Å². The average Bonchev–Trinajstić information content (AvgIpc) is 2.97. The van der Waals surface area contributed by atoms with Crippen LogP contribution in [0, 0.1) is 16.0 Å². The zero-order valence-corrected chi connectivity index (χ0v) is 7.66. The van der Waals surface area contributed by atoms with Gasteiger partial charge in [-0.2, -0.15) is 0 Å². The van der Waals surface area contributed by atoms with Gasteiger partial charge in [0.05, 0.1) is 10.8 Å². The molecule has 0 unspecified atom stereocenters. The maximum atomic E-state index is 10.6. The van der Waals surface area contributed by atoms with E-state index < -0.39 is 16.8 Å². The van der Waals surface area contributed by atoms with Crippen LogP contribution in [-0.4, -0.2) is 21.0 Å². The molecule has 1 aliphatic rings. The van der Waals surface area contributed by atoms with Crippen molar-refractivity contribution in [3.05, 3.63) is 34.1 Å². The van der Waals surface area contributed by atoms with E-state index in [4.69, 9.17) is 5.11 Å². The van der Waals surface area contributed by atoms with Gasteiger partial charge in [-0.25, -0.2) is 0 Å². The molecule has 0 radical (unpaired) electrons. The maximum Gasteiger partial charge on any atom is 0.307 e. The summed E-state index contributed by atoms with van der Waals surface area (Å²) in [5, 5.41) is 19.2. The molecule has 0 spiro atoms. The topological polar surface area (TPSA) is 93.3 Å². The third-order valence-corrected chi connectivity index (χ3v) is 2.49. The highest BCUT2D eigenvalue weighted by Gasteiger charge is 2.44. The second-order valence-electron chi connectivity index (χ2n) is 3.52. The molecule has 1 aliphatic carbocycles. The molecule has 15 heavy (non-hydrogen) atoms. The molecule has 1 aromatic heterocycles. The highest BCUT2D eigenvalue weighted by atomic mass is 16.6. The van der Waals surface area contributed by atoms with Crippen LogP contribution >= 0.6 is 0 Å². The number of carboxylic acid groups (broad SMARTS) is 1. The summed E-state index contributed by atoms with van der Waals surface area (Å²) in [6.07, 6.45) is 3.18. The molecule has 1 fully saturated rings. The maximum absolute atomic E-state index is 10.6. The highest BCUT2D eigenvalue weighted by molar-refractivity contribution is 5.75. The Morgan fingerprint density at radius 2 is 2.33 bits per heavy atom. The van der Waals surface area contributed by atoms with Crippen molar-refractivity contribution in [1.29, 1.82) is 0 Å². The lowest BCUT2D eigenvalue weighted by molar-refractivity contribution is -0.385. The lowest BCUT2D eigenvalue weighted by Gasteiger charge is -1.97. The summed E-state index contributed by atoms with van der Waals surface area (Å²) in [4.78, 5) is 24.3. The number of hydrogen-bond donors (Lipinski definition) is 1. The number of hydrogen-bond acceptors (Lipinski definition) is 4. The van der Waals surface area contributed by atoms with Gasteiger partial charge in [-0.3, -0.25) is 19.9 Å². The second-order valence-corrected chi connectivity index (χ2v) is 3.52. The lowest BCUT2D eigenvalue weighted by atomic mass is 10.1. The lowest BCUT2D eigenvalue weighted by Crippen LogP contribution is -1.99. The van der Waals surface area contributed by atoms with Gasteiger partial charge < -0.3 is 5.11 Å². The van der Waals surface area contributed by atoms with Gasteiger partial charge in [0.25, 0.3) is 5.69 Å². The molecular formula is C9H8N2O4. The minimum absolute atomic E-state index is 0.0939. The first-order chi connectivity index (χ1) is 7.09. The van der Waals surface area contributed by atoms with Crippen LogP contribution in [0.2, 0.25) is 0 Å². The number of carbonyl (C=O) groups is 1. The van der Waals surface area contributed by atoms with Gasteiger partial charge in [0.2, 0.25) is 0 Å². The van der Waals surface area contributed by atoms with E-state index in [9.17, 15) is 14.9 Å². The molecule has 1 heterocycles. The quantitative estimate of drug-likeness (QED) is 0.594. The molecule has 6 heteroatoms. The Morgan fingerprint density at radius 1 is 1.60 bits per heavy atom. The largest absolute Gasteiger partial charge is 0.481 e. The molecule has 0 bridgehead atoms. The smallest absolute Gasteiger partial charge is 0.307 e. The van der Waals surface area contributed by atoms with Gasteiger partial charge in [0.15, 0.2) is 0 Å². The SMILES string of the molecule is O=C(O)[C@H]1C[C@@H]1c1cncc([N+](=O)[O-])c1. The van der Waals surface area contributed by atoms with Gasteiger partial charge in [-0.1, -0.05) is 0 Å². The van der Waals surface area contributed by atoms with Crippen LogP contribution in [0.3, 0.4) is 0 Å². The van der Waals surface area contributed by atoms with Crippen molar-refractivity contribution in [2.45, 2.75) is 12.3 Å². The second kappa shape index (κ2) is 3.30. The van der Waals surface area contributed by atoms with Crippen molar-refractivity contribution in [2.24, 2.45) is 5.92 Å². The van der Waals surface area contributed by atoms with Crippen LogP contribution in [0.1, 0.15) is 17.9 Å². The highest BCUT2D eigenvalue weighted by Crippen LogP contribution is 2.47. The third kappa shape index (κ3) is 1.78. The van der Waals surface area contributed by atoms with Crippen molar-refractivity contribution in [2.75, 3.05) is 0 Å². The molecule has 0 aromatic carbocycles. The minimum Gasteiger partial charge on any atom is -0.481 e.